The molecule has 3 aromatic rings. The SMILES string of the molecule is Cl.NC1CCN(C(=O)c2cnc3sc(Cc4ccccc4)cn3c2=O)C1. The van der Waals surface area contributed by atoms with Crippen LogP contribution in [0.15, 0.2) is 47.5 Å². The average molecular weight is 391 g/mol. The van der Waals surface area contributed by atoms with Gasteiger partial charge >= 0.3 is 0 Å². The number of benzene rings is 1. The van der Waals surface area contributed by atoms with E-state index in [1.165, 1.54) is 27.5 Å². The molecule has 4 rings (SSSR count). The molecule has 1 amide bonds. The van der Waals surface area contributed by atoms with E-state index in [0.29, 0.717) is 18.1 Å². The Morgan fingerprint density at radius 2 is 2.08 bits per heavy atom. The number of halogens is 1. The van der Waals surface area contributed by atoms with Crippen molar-refractivity contribution < 1.29 is 4.79 Å². The molecule has 1 unspecified atom stereocenters. The summed E-state index contributed by atoms with van der Waals surface area (Å²) in [6, 6.07) is 10.0. The van der Waals surface area contributed by atoms with E-state index in [1.54, 1.807) is 11.1 Å². The minimum atomic E-state index is -0.314. The van der Waals surface area contributed by atoms with Gasteiger partial charge in [0.25, 0.3) is 11.5 Å². The van der Waals surface area contributed by atoms with Crippen LogP contribution < -0.4 is 11.3 Å². The van der Waals surface area contributed by atoms with Crippen LogP contribution in [0, 0.1) is 0 Å². The smallest absolute Gasteiger partial charge is 0.271 e. The summed E-state index contributed by atoms with van der Waals surface area (Å²) in [7, 11) is 0. The van der Waals surface area contributed by atoms with Crippen molar-refractivity contribution >= 4 is 34.6 Å². The third-order valence-electron chi connectivity index (χ3n) is 4.42. The summed E-state index contributed by atoms with van der Waals surface area (Å²) in [6.07, 6.45) is 4.68. The predicted molar refractivity (Wildman–Crippen MR) is 104 cm³/mol. The number of likely N-dealkylation sites (tertiary alicyclic amines) is 1. The Morgan fingerprint density at radius 3 is 2.77 bits per heavy atom. The van der Waals surface area contributed by atoms with Gasteiger partial charge in [-0.05, 0) is 12.0 Å². The molecule has 1 atom stereocenters. The number of carbonyl (C=O) groups excluding carboxylic acids is 1. The van der Waals surface area contributed by atoms with Gasteiger partial charge in [0.15, 0.2) is 4.96 Å². The van der Waals surface area contributed by atoms with Gasteiger partial charge in [0, 0.05) is 42.8 Å². The van der Waals surface area contributed by atoms with Gasteiger partial charge < -0.3 is 10.6 Å². The Morgan fingerprint density at radius 1 is 1.31 bits per heavy atom. The molecular weight excluding hydrogens is 372 g/mol. The lowest BCUT2D eigenvalue weighted by atomic mass is 10.1. The fourth-order valence-corrected chi connectivity index (χ4v) is 4.07. The van der Waals surface area contributed by atoms with Crippen LogP contribution in [0.4, 0.5) is 0 Å². The second-order valence-corrected chi connectivity index (χ2v) is 7.38. The lowest BCUT2D eigenvalue weighted by molar-refractivity contribution is 0.0788. The number of nitrogens with two attached hydrogens (primary N) is 1. The highest BCUT2D eigenvalue weighted by Crippen LogP contribution is 2.19. The van der Waals surface area contributed by atoms with E-state index in [0.717, 1.165) is 17.7 Å². The van der Waals surface area contributed by atoms with E-state index in [4.69, 9.17) is 5.73 Å². The molecule has 2 N–H and O–H groups in total. The van der Waals surface area contributed by atoms with Crippen LogP contribution >= 0.6 is 23.7 Å². The van der Waals surface area contributed by atoms with E-state index < -0.39 is 0 Å². The molecule has 1 aliphatic heterocycles. The van der Waals surface area contributed by atoms with Gasteiger partial charge in [-0.2, -0.15) is 0 Å². The summed E-state index contributed by atoms with van der Waals surface area (Å²) < 4.78 is 1.48. The maximum Gasteiger partial charge on any atom is 0.271 e. The van der Waals surface area contributed by atoms with Gasteiger partial charge in [-0.15, -0.1) is 23.7 Å². The Kier molecular flexibility index (Phi) is 5.41. The van der Waals surface area contributed by atoms with Crippen molar-refractivity contribution in [3.05, 3.63) is 69.1 Å². The Labute approximate surface area is 160 Å². The predicted octanol–water partition coefficient (Wildman–Crippen LogP) is 1.94. The molecule has 0 radical (unpaired) electrons. The number of carbonyl (C=O) groups is 1. The Hall–Kier alpha value is -2.22. The molecule has 2 aromatic heterocycles. The van der Waals surface area contributed by atoms with Crippen LogP contribution in [-0.2, 0) is 6.42 Å². The van der Waals surface area contributed by atoms with Crippen LogP contribution in [0.1, 0.15) is 27.2 Å². The van der Waals surface area contributed by atoms with E-state index in [1.807, 2.05) is 30.3 Å². The van der Waals surface area contributed by atoms with E-state index >= 15 is 0 Å². The molecule has 1 aliphatic rings. The number of thiazole rings is 1. The summed E-state index contributed by atoms with van der Waals surface area (Å²) >= 11 is 1.47. The van der Waals surface area contributed by atoms with Gasteiger partial charge in [-0.3, -0.25) is 14.0 Å². The lowest BCUT2D eigenvalue weighted by Gasteiger charge is -2.14. The van der Waals surface area contributed by atoms with Crippen LogP contribution in [0.3, 0.4) is 0 Å². The van der Waals surface area contributed by atoms with Crippen LogP contribution in [0.5, 0.6) is 0 Å². The van der Waals surface area contributed by atoms with Crippen molar-refractivity contribution in [2.24, 2.45) is 5.73 Å². The zero-order chi connectivity index (χ0) is 17.4. The van der Waals surface area contributed by atoms with Crippen molar-refractivity contribution in [3.8, 4) is 0 Å². The van der Waals surface area contributed by atoms with Crippen molar-refractivity contribution in [3.63, 3.8) is 0 Å². The molecule has 1 aromatic carbocycles. The highest BCUT2D eigenvalue weighted by Gasteiger charge is 2.27. The molecule has 0 saturated carbocycles. The Balaban J connectivity index is 0.00000196. The number of aromatic nitrogens is 2. The molecule has 1 fully saturated rings. The van der Waals surface area contributed by atoms with Crippen molar-refractivity contribution in [2.45, 2.75) is 18.9 Å². The quantitative estimate of drug-likeness (QED) is 0.741. The van der Waals surface area contributed by atoms with E-state index in [2.05, 4.69) is 4.98 Å². The fraction of sp³-hybridized carbons (Fsp3) is 0.278. The van der Waals surface area contributed by atoms with Crippen molar-refractivity contribution in [1.29, 1.82) is 0 Å². The van der Waals surface area contributed by atoms with Crippen molar-refractivity contribution in [2.75, 3.05) is 13.1 Å². The first-order valence-corrected chi connectivity index (χ1v) is 9.02. The zero-order valence-electron chi connectivity index (χ0n) is 14.0. The summed E-state index contributed by atoms with van der Waals surface area (Å²) in [4.78, 5) is 32.9. The van der Waals surface area contributed by atoms with Gasteiger partial charge in [0.1, 0.15) is 5.56 Å². The van der Waals surface area contributed by atoms with Gasteiger partial charge in [0.2, 0.25) is 0 Å². The molecule has 26 heavy (non-hydrogen) atoms. The zero-order valence-corrected chi connectivity index (χ0v) is 15.6. The van der Waals surface area contributed by atoms with E-state index in [-0.39, 0.29) is 35.5 Å². The molecular formula is C18H19ClN4O2S. The topological polar surface area (TPSA) is 80.7 Å². The van der Waals surface area contributed by atoms with Crippen LogP contribution in [0.2, 0.25) is 0 Å². The first-order valence-electron chi connectivity index (χ1n) is 8.20. The summed E-state index contributed by atoms with van der Waals surface area (Å²) in [5.41, 5.74) is 6.82. The standard InChI is InChI=1S/C18H18N4O2S.ClH/c19-13-6-7-21(10-13)16(23)15-9-20-18-22(17(15)24)11-14(25-18)8-12-4-2-1-3-5-12;/h1-5,9,11,13H,6-8,10,19H2;1H. The van der Waals surface area contributed by atoms with E-state index in [9.17, 15) is 9.59 Å². The number of fused-ring (bicyclic) bond motifs is 1. The molecule has 3 heterocycles. The molecule has 8 heteroatoms. The highest BCUT2D eigenvalue weighted by molar-refractivity contribution is 7.17. The minimum absolute atomic E-state index is 0. The molecule has 136 valence electrons. The second-order valence-electron chi connectivity index (χ2n) is 6.29. The number of amides is 1. The highest BCUT2D eigenvalue weighted by atomic mass is 35.5. The average Bonchev–Trinajstić information content (AvgIpc) is 3.22. The number of rotatable bonds is 3. The minimum Gasteiger partial charge on any atom is -0.337 e. The number of nitrogens with zero attached hydrogens (tertiary/aromatic N) is 3. The fourth-order valence-electron chi connectivity index (χ4n) is 3.10. The third kappa shape index (κ3) is 3.51. The summed E-state index contributed by atoms with van der Waals surface area (Å²) in [6.45, 7) is 1.08. The van der Waals surface area contributed by atoms with Gasteiger partial charge in [-0.1, -0.05) is 30.3 Å². The lowest BCUT2D eigenvalue weighted by Crippen LogP contribution is -2.35. The van der Waals surface area contributed by atoms with Gasteiger partial charge in [0.05, 0.1) is 0 Å². The first-order chi connectivity index (χ1) is 12.1. The maximum absolute atomic E-state index is 12.7. The van der Waals surface area contributed by atoms with Gasteiger partial charge in [-0.25, -0.2) is 4.98 Å². The maximum atomic E-state index is 12.7. The molecule has 6 nitrogen and oxygen atoms in total. The molecule has 0 aliphatic carbocycles. The third-order valence-corrected chi connectivity index (χ3v) is 5.41. The monoisotopic (exact) mass is 390 g/mol. The summed E-state index contributed by atoms with van der Waals surface area (Å²) in [5, 5.41) is 0. The Bertz CT molecular complexity index is 986. The molecule has 1 saturated heterocycles. The summed E-state index contributed by atoms with van der Waals surface area (Å²) in [5.74, 6) is -0.282. The first kappa shape index (κ1) is 18.6. The normalized spacial score (nSPS) is 16.7. The largest absolute Gasteiger partial charge is 0.337 e. The second kappa shape index (κ2) is 7.57. The van der Waals surface area contributed by atoms with Crippen molar-refractivity contribution in [1.82, 2.24) is 14.3 Å². The molecule has 0 spiro atoms. The number of hydrogen-bond acceptors (Lipinski definition) is 5. The van der Waals surface area contributed by atoms with Crippen LogP contribution in [0.25, 0.3) is 4.96 Å². The van der Waals surface area contributed by atoms with Crippen LogP contribution in [-0.4, -0.2) is 39.3 Å². The number of hydrogen-bond donors (Lipinski definition) is 1. The molecule has 0 bridgehead atoms.